The highest BCUT2D eigenvalue weighted by Gasteiger charge is 2.50. The second-order valence-corrected chi connectivity index (χ2v) is 5.14. The van der Waals surface area contributed by atoms with E-state index >= 15 is 0 Å². The van der Waals surface area contributed by atoms with Crippen LogP contribution in [0.1, 0.15) is 27.7 Å². The third-order valence-corrected chi connectivity index (χ3v) is 3.17. The summed E-state index contributed by atoms with van der Waals surface area (Å²) in [5, 5.41) is 0. The van der Waals surface area contributed by atoms with Gasteiger partial charge in [0.05, 0.1) is 25.4 Å². The van der Waals surface area contributed by atoms with Crippen LogP contribution in [0.2, 0.25) is 0 Å². The van der Waals surface area contributed by atoms with Crippen LogP contribution >= 0.6 is 0 Å². The van der Waals surface area contributed by atoms with Crippen LogP contribution in [0, 0.1) is 12.3 Å². The maximum atomic E-state index is 10.9. The van der Waals surface area contributed by atoms with Crippen molar-refractivity contribution in [2.24, 2.45) is 0 Å². The van der Waals surface area contributed by atoms with Crippen LogP contribution in [0.15, 0.2) is 12.1 Å². The van der Waals surface area contributed by atoms with E-state index in [1.54, 1.807) is 11.9 Å². The first-order valence-corrected chi connectivity index (χ1v) is 6.26. The van der Waals surface area contributed by atoms with Crippen molar-refractivity contribution < 1.29 is 28.4 Å². The summed E-state index contributed by atoms with van der Waals surface area (Å²) in [6, 6.07) is 0. The van der Waals surface area contributed by atoms with Gasteiger partial charge in [0.25, 0.3) is 0 Å². The molecule has 1 fully saturated rings. The standard InChI is InChI=1S/C10H17BO4.C4H4O2/c1-9(2)10(3,4)15-11(14-9)7-6-8(12)13-5;1-3-4(5)6-2/h6-7H,1-5H3;1H,2H3/b7-6+;. The van der Waals surface area contributed by atoms with Crippen molar-refractivity contribution in [3.05, 3.63) is 12.1 Å². The van der Waals surface area contributed by atoms with Gasteiger partial charge in [-0.1, -0.05) is 0 Å². The van der Waals surface area contributed by atoms with Crippen LogP contribution < -0.4 is 0 Å². The molecule has 1 saturated heterocycles. The Morgan fingerprint density at radius 2 is 1.57 bits per heavy atom. The zero-order valence-corrected chi connectivity index (χ0v) is 13.3. The normalized spacial score (nSPS) is 18.4. The lowest BCUT2D eigenvalue weighted by atomic mass is 9.90. The van der Waals surface area contributed by atoms with Gasteiger partial charge in [-0.3, -0.25) is 0 Å². The molecule has 1 aliphatic heterocycles. The third kappa shape index (κ3) is 6.02. The number of ether oxygens (including phenoxy) is 2. The summed E-state index contributed by atoms with van der Waals surface area (Å²) in [6.07, 6.45) is 5.87. The maximum Gasteiger partial charge on any atom is 0.487 e. The largest absolute Gasteiger partial charge is 0.487 e. The quantitative estimate of drug-likeness (QED) is 0.250. The minimum Gasteiger partial charge on any atom is -0.466 e. The lowest BCUT2D eigenvalue weighted by Crippen LogP contribution is -2.41. The van der Waals surface area contributed by atoms with Crippen molar-refractivity contribution in [1.82, 2.24) is 0 Å². The summed E-state index contributed by atoms with van der Waals surface area (Å²) in [5.41, 5.74) is -0.754. The Labute approximate surface area is 125 Å². The Kier molecular flexibility index (Phi) is 7.20. The number of carbonyl (C=O) groups is 2. The van der Waals surface area contributed by atoms with E-state index in [2.05, 4.69) is 15.9 Å². The van der Waals surface area contributed by atoms with Gasteiger partial charge in [-0.25, -0.2) is 9.59 Å². The number of hydrogen-bond acceptors (Lipinski definition) is 6. The van der Waals surface area contributed by atoms with E-state index in [0.29, 0.717) is 0 Å². The summed E-state index contributed by atoms with van der Waals surface area (Å²) >= 11 is 0. The van der Waals surface area contributed by atoms with E-state index in [4.69, 9.17) is 9.31 Å². The molecule has 0 aromatic carbocycles. The Bertz CT molecular complexity index is 431. The van der Waals surface area contributed by atoms with E-state index in [-0.39, 0.29) is 11.2 Å². The van der Waals surface area contributed by atoms with Gasteiger partial charge in [0.2, 0.25) is 0 Å². The fourth-order valence-electron chi connectivity index (χ4n) is 1.25. The second-order valence-electron chi connectivity index (χ2n) is 5.14. The van der Waals surface area contributed by atoms with Gasteiger partial charge in [0.15, 0.2) is 0 Å². The van der Waals surface area contributed by atoms with Crippen LogP contribution in [-0.4, -0.2) is 44.5 Å². The molecule has 0 atom stereocenters. The number of carbonyl (C=O) groups excluding carboxylic acids is 2. The van der Waals surface area contributed by atoms with Crippen molar-refractivity contribution in [2.75, 3.05) is 14.2 Å². The van der Waals surface area contributed by atoms with E-state index < -0.39 is 19.1 Å². The molecule has 0 amide bonds. The van der Waals surface area contributed by atoms with E-state index in [9.17, 15) is 9.59 Å². The molecule has 0 unspecified atom stereocenters. The van der Waals surface area contributed by atoms with E-state index in [1.165, 1.54) is 20.3 Å². The lowest BCUT2D eigenvalue weighted by molar-refractivity contribution is -0.135. The fraction of sp³-hybridized carbons (Fsp3) is 0.571. The van der Waals surface area contributed by atoms with Crippen LogP contribution in [0.3, 0.4) is 0 Å². The number of esters is 2. The Morgan fingerprint density at radius 3 is 1.86 bits per heavy atom. The number of terminal acetylenes is 1. The van der Waals surface area contributed by atoms with Crippen LogP contribution in [-0.2, 0) is 28.4 Å². The number of methoxy groups -OCH3 is 2. The zero-order valence-electron chi connectivity index (χ0n) is 13.3. The van der Waals surface area contributed by atoms with Gasteiger partial charge in [-0.15, -0.1) is 6.42 Å². The Morgan fingerprint density at radius 1 is 1.10 bits per heavy atom. The first kappa shape index (κ1) is 19.2. The van der Waals surface area contributed by atoms with Crippen LogP contribution in [0.4, 0.5) is 0 Å². The van der Waals surface area contributed by atoms with Crippen LogP contribution in [0.25, 0.3) is 0 Å². The second kappa shape index (κ2) is 7.86. The van der Waals surface area contributed by atoms with Crippen molar-refractivity contribution in [3.8, 4) is 12.3 Å². The smallest absolute Gasteiger partial charge is 0.466 e. The molecule has 1 heterocycles. The maximum absolute atomic E-state index is 10.9. The molecule has 0 aromatic heterocycles. The molecule has 0 aliphatic carbocycles. The molecule has 21 heavy (non-hydrogen) atoms. The molecule has 0 radical (unpaired) electrons. The summed E-state index contributed by atoms with van der Waals surface area (Å²) in [7, 11) is 2.08. The molecule has 7 heteroatoms. The van der Waals surface area contributed by atoms with E-state index in [1.807, 2.05) is 27.7 Å². The molecule has 6 nitrogen and oxygen atoms in total. The first-order valence-electron chi connectivity index (χ1n) is 6.26. The molecule has 1 rings (SSSR count). The predicted molar refractivity (Wildman–Crippen MR) is 78.1 cm³/mol. The van der Waals surface area contributed by atoms with E-state index in [0.717, 1.165) is 0 Å². The van der Waals surface area contributed by atoms with Gasteiger partial charge in [0, 0.05) is 12.0 Å². The SMILES string of the molecule is C#CC(=O)OC.COC(=O)/C=C/B1OC(C)(C)C(C)(C)O1. The van der Waals surface area contributed by atoms with Gasteiger partial charge in [-0.05, 0) is 33.7 Å². The Hall–Kier alpha value is -1.78. The number of rotatable bonds is 2. The highest BCUT2D eigenvalue weighted by molar-refractivity contribution is 6.52. The van der Waals surface area contributed by atoms with Crippen molar-refractivity contribution in [3.63, 3.8) is 0 Å². The monoisotopic (exact) mass is 296 g/mol. The molecule has 0 saturated carbocycles. The molecule has 0 N–H and O–H groups in total. The summed E-state index contributed by atoms with van der Waals surface area (Å²) in [4.78, 5) is 20.6. The molecule has 0 spiro atoms. The minimum atomic E-state index is -0.630. The molecule has 1 aliphatic rings. The van der Waals surface area contributed by atoms with Gasteiger partial charge < -0.3 is 18.8 Å². The average molecular weight is 296 g/mol. The summed E-state index contributed by atoms with van der Waals surface area (Å²) in [6.45, 7) is 7.83. The Balaban J connectivity index is 0.000000567. The number of hydrogen-bond donors (Lipinski definition) is 0. The van der Waals surface area contributed by atoms with Crippen molar-refractivity contribution >= 4 is 19.1 Å². The topological polar surface area (TPSA) is 71.1 Å². The van der Waals surface area contributed by atoms with Crippen LogP contribution in [0.5, 0.6) is 0 Å². The molecular formula is C14H21BO6. The van der Waals surface area contributed by atoms with Gasteiger partial charge in [-0.2, -0.15) is 0 Å². The fourth-order valence-corrected chi connectivity index (χ4v) is 1.25. The third-order valence-electron chi connectivity index (χ3n) is 3.17. The molecule has 0 bridgehead atoms. The van der Waals surface area contributed by atoms with Gasteiger partial charge in [0.1, 0.15) is 0 Å². The summed E-state index contributed by atoms with van der Waals surface area (Å²) < 4.78 is 19.8. The lowest BCUT2D eigenvalue weighted by Gasteiger charge is -2.32. The molecular weight excluding hydrogens is 275 g/mol. The summed E-state index contributed by atoms with van der Waals surface area (Å²) in [5.74, 6) is 2.27. The predicted octanol–water partition coefficient (Wildman–Crippen LogP) is 1.14. The van der Waals surface area contributed by atoms with Crippen molar-refractivity contribution in [1.29, 1.82) is 0 Å². The zero-order chi connectivity index (χ0) is 16.7. The minimum absolute atomic E-state index is 0.377. The molecule has 0 aromatic rings. The highest BCUT2D eigenvalue weighted by Crippen LogP contribution is 2.36. The average Bonchev–Trinajstić information content (AvgIpc) is 2.63. The molecule has 116 valence electrons. The van der Waals surface area contributed by atoms with Crippen molar-refractivity contribution in [2.45, 2.75) is 38.9 Å². The van der Waals surface area contributed by atoms with Gasteiger partial charge >= 0.3 is 19.1 Å². The highest BCUT2D eigenvalue weighted by atomic mass is 16.7. The first-order chi connectivity index (χ1) is 9.59.